The molecule has 1 atom stereocenters. The van der Waals surface area contributed by atoms with Gasteiger partial charge in [-0.15, -0.1) is 0 Å². The van der Waals surface area contributed by atoms with Crippen molar-refractivity contribution in [2.45, 2.75) is 329 Å². The van der Waals surface area contributed by atoms with Gasteiger partial charge in [0.15, 0.2) is 6.10 Å². The Morgan fingerprint density at radius 1 is 0.282 bits per heavy atom. The summed E-state index contributed by atoms with van der Waals surface area (Å²) in [5.74, 6) is -1.03. The molecule has 0 heterocycles. The van der Waals surface area contributed by atoms with E-state index >= 15 is 0 Å². The van der Waals surface area contributed by atoms with Gasteiger partial charge in [-0.05, 0) is 83.5 Å². The third-order valence-electron chi connectivity index (χ3n) is 14.4. The van der Waals surface area contributed by atoms with Crippen molar-refractivity contribution in [1.29, 1.82) is 0 Å². The van der Waals surface area contributed by atoms with Crippen LogP contribution in [-0.4, -0.2) is 37.2 Å². The zero-order chi connectivity index (χ0) is 56.4. The van der Waals surface area contributed by atoms with Crippen molar-refractivity contribution in [3.63, 3.8) is 0 Å². The molecular formula is C72H124O6. The quantitative estimate of drug-likeness (QED) is 0.0261. The highest BCUT2D eigenvalue weighted by Gasteiger charge is 2.19. The molecule has 6 heteroatoms. The summed E-state index contributed by atoms with van der Waals surface area (Å²) >= 11 is 0. The van der Waals surface area contributed by atoms with E-state index in [1.807, 2.05) is 6.08 Å². The third-order valence-corrected chi connectivity index (χ3v) is 14.4. The van der Waals surface area contributed by atoms with Gasteiger partial charge in [-0.25, -0.2) is 0 Å². The first kappa shape index (κ1) is 74.3. The summed E-state index contributed by atoms with van der Waals surface area (Å²) in [6.45, 7) is 6.46. The second-order valence-electron chi connectivity index (χ2n) is 22.0. The summed E-state index contributed by atoms with van der Waals surface area (Å²) in [6.07, 6.45) is 88.8. The van der Waals surface area contributed by atoms with Crippen LogP contribution in [0.4, 0.5) is 0 Å². The molecule has 6 nitrogen and oxygen atoms in total. The van der Waals surface area contributed by atoms with E-state index in [0.29, 0.717) is 12.8 Å². The lowest BCUT2D eigenvalue weighted by atomic mass is 10.0. The molecule has 448 valence electrons. The summed E-state index contributed by atoms with van der Waals surface area (Å²) in [6, 6.07) is 0. The number of rotatable bonds is 60. The summed E-state index contributed by atoms with van der Waals surface area (Å²) in [7, 11) is 0. The molecule has 0 aliphatic rings. The van der Waals surface area contributed by atoms with Gasteiger partial charge in [0, 0.05) is 12.8 Å². The van der Waals surface area contributed by atoms with Crippen LogP contribution >= 0.6 is 0 Å². The Morgan fingerprint density at radius 2 is 0.551 bits per heavy atom. The molecule has 0 saturated carbocycles. The maximum atomic E-state index is 12.9. The average Bonchev–Trinajstić information content (AvgIpc) is 3.44. The van der Waals surface area contributed by atoms with Crippen LogP contribution < -0.4 is 0 Å². The molecule has 0 aliphatic carbocycles. The first-order valence-corrected chi connectivity index (χ1v) is 33.2. The highest BCUT2D eigenvalue weighted by molar-refractivity contribution is 5.72. The maximum Gasteiger partial charge on any atom is 0.309 e. The van der Waals surface area contributed by atoms with Gasteiger partial charge in [0.1, 0.15) is 13.2 Å². The minimum Gasteiger partial charge on any atom is -0.462 e. The maximum absolute atomic E-state index is 12.9. The second-order valence-corrected chi connectivity index (χ2v) is 22.0. The highest BCUT2D eigenvalue weighted by Crippen LogP contribution is 2.17. The molecule has 78 heavy (non-hydrogen) atoms. The minimum atomic E-state index is -0.818. The Bertz CT molecular complexity index is 1530. The molecule has 0 fully saturated rings. The monoisotopic (exact) mass is 1080 g/mol. The lowest BCUT2D eigenvalue weighted by molar-refractivity contribution is -0.166. The summed E-state index contributed by atoms with van der Waals surface area (Å²) in [4.78, 5) is 38.3. The van der Waals surface area contributed by atoms with Crippen LogP contribution in [0.15, 0.2) is 97.2 Å². The number of hydrogen-bond acceptors (Lipinski definition) is 6. The molecule has 0 radical (unpaired) electrons. The average molecular weight is 1090 g/mol. The summed E-state index contributed by atoms with van der Waals surface area (Å²) < 4.78 is 16.8. The van der Waals surface area contributed by atoms with E-state index in [9.17, 15) is 14.4 Å². The van der Waals surface area contributed by atoms with E-state index in [1.165, 1.54) is 199 Å². The fraction of sp³-hybridized carbons (Fsp3) is 0.736. The molecule has 0 bridgehead atoms. The van der Waals surface area contributed by atoms with Crippen LogP contribution in [0.2, 0.25) is 0 Å². The molecule has 0 spiro atoms. The minimum absolute atomic E-state index is 0.106. The topological polar surface area (TPSA) is 78.9 Å². The van der Waals surface area contributed by atoms with Gasteiger partial charge in [-0.3, -0.25) is 14.4 Å². The molecule has 0 aliphatic heterocycles. The summed E-state index contributed by atoms with van der Waals surface area (Å²) in [5.41, 5.74) is 0. The van der Waals surface area contributed by atoms with Gasteiger partial charge in [0.05, 0.1) is 6.42 Å². The Morgan fingerprint density at radius 3 is 0.897 bits per heavy atom. The number of allylic oxidation sites excluding steroid dienone is 15. The number of unbranched alkanes of at least 4 members (excludes halogenated alkanes) is 34. The van der Waals surface area contributed by atoms with Crippen molar-refractivity contribution in [3.05, 3.63) is 97.2 Å². The van der Waals surface area contributed by atoms with Crippen LogP contribution in [0.3, 0.4) is 0 Å². The van der Waals surface area contributed by atoms with Crippen molar-refractivity contribution in [3.8, 4) is 0 Å². The SMILES string of the molecule is CC/C=C\C/C=C\C/C=C\C/C=C\C/C=C\CC(=O)OCC(COC(=O)CCCCCCCCCCCCCC/C=C\C/C=C\C/C=C\CCCCCCC)OC(=O)CCCCCCCCCCCCCCCCCCCC. The Hall–Kier alpha value is -3.67. The molecule has 0 aromatic rings. The number of carbonyl (C=O) groups excluding carboxylic acids is 3. The van der Waals surface area contributed by atoms with E-state index in [-0.39, 0.29) is 31.6 Å². The van der Waals surface area contributed by atoms with E-state index in [1.54, 1.807) is 6.08 Å². The Kier molecular flexibility index (Phi) is 62.7. The van der Waals surface area contributed by atoms with Crippen molar-refractivity contribution in [1.82, 2.24) is 0 Å². The van der Waals surface area contributed by atoms with Crippen molar-refractivity contribution >= 4 is 17.9 Å². The lowest BCUT2D eigenvalue weighted by Crippen LogP contribution is -2.30. The Labute approximate surface area is 483 Å². The van der Waals surface area contributed by atoms with E-state index in [0.717, 1.165) is 83.5 Å². The van der Waals surface area contributed by atoms with Crippen LogP contribution in [0.1, 0.15) is 323 Å². The first-order chi connectivity index (χ1) is 38.5. The third kappa shape index (κ3) is 63.2. The number of esters is 3. The van der Waals surface area contributed by atoms with Crippen LogP contribution in [0.25, 0.3) is 0 Å². The molecule has 0 aromatic heterocycles. The first-order valence-electron chi connectivity index (χ1n) is 33.2. The fourth-order valence-electron chi connectivity index (χ4n) is 9.41. The highest BCUT2D eigenvalue weighted by atomic mass is 16.6. The van der Waals surface area contributed by atoms with Gasteiger partial charge in [0.25, 0.3) is 0 Å². The molecular weight excluding hydrogens is 961 g/mol. The van der Waals surface area contributed by atoms with E-state index in [4.69, 9.17) is 14.2 Å². The zero-order valence-electron chi connectivity index (χ0n) is 51.4. The Balaban J connectivity index is 4.36. The second kappa shape index (κ2) is 65.8. The zero-order valence-corrected chi connectivity index (χ0v) is 51.4. The summed E-state index contributed by atoms with van der Waals surface area (Å²) in [5, 5.41) is 0. The van der Waals surface area contributed by atoms with Crippen molar-refractivity contribution in [2.24, 2.45) is 0 Å². The smallest absolute Gasteiger partial charge is 0.309 e. The molecule has 0 aromatic carbocycles. The van der Waals surface area contributed by atoms with Gasteiger partial charge in [-0.1, -0.05) is 317 Å². The molecule has 0 amide bonds. The normalized spacial score (nSPS) is 12.7. The molecule has 0 N–H and O–H groups in total. The largest absolute Gasteiger partial charge is 0.462 e. The molecule has 0 rings (SSSR count). The van der Waals surface area contributed by atoms with Crippen molar-refractivity contribution < 1.29 is 28.6 Å². The van der Waals surface area contributed by atoms with Crippen LogP contribution in [0.5, 0.6) is 0 Å². The van der Waals surface area contributed by atoms with Crippen LogP contribution in [-0.2, 0) is 28.6 Å². The predicted octanol–water partition coefficient (Wildman–Crippen LogP) is 22.8. The van der Waals surface area contributed by atoms with Gasteiger partial charge in [0.2, 0.25) is 0 Å². The van der Waals surface area contributed by atoms with Gasteiger partial charge >= 0.3 is 17.9 Å². The standard InChI is InChI=1S/C72H124O6/c1-4-7-10-13-16-19-22-25-28-30-32-33-34-35-36-37-38-39-40-42-44-47-50-53-56-59-62-65-71(74)77-68-69(67-76-70(73)64-61-58-55-52-49-46-43-27-24-21-18-15-12-9-6-3)78-72(75)66-63-60-57-54-51-48-45-41-31-29-26-23-20-17-14-11-8-5-2/h9,12,18,21-22,25,27,30,32,34-35,43,49,52,58,61,69H,4-8,10-11,13-17,19-20,23-24,26,28-29,31,33,36-42,44-48,50-51,53-57,59-60,62-68H2,1-3H3/b12-9-,21-18-,25-22-,32-30-,35-34-,43-27-,52-49-,61-58-. The van der Waals surface area contributed by atoms with E-state index < -0.39 is 12.1 Å². The van der Waals surface area contributed by atoms with E-state index in [2.05, 4.69) is 106 Å². The predicted molar refractivity (Wildman–Crippen MR) is 339 cm³/mol. The molecule has 0 saturated heterocycles. The van der Waals surface area contributed by atoms with Gasteiger partial charge in [-0.2, -0.15) is 0 Å². The number of carbonyl (C=O) groups is 3. The molecule has 1 unspecified atom stereocenters. The number of hydrogen-bond donors (Lipinski definition) is 0. The fourth-order valence-corrected chi connectivity index (χ4v) is 9.41. The van der Waals surface area contributed by atoms with Gasteiger partial charge < -0.3 is 14.2 Å². The van der Waals surface area contributed by atoms with Crippen molar-refractivity contribution in [2.75, 3.05) is 13.2 Å². The lowest BCUT2D eigenvalue weighted by Gasteiger charge is -2.18. The van der Waals surface area contributed by atoms with Crippen LogP contribution in [0, 0.1) is 0 Å². The number of ether oxygens (including phenoxy) is 3.